The second kappa shape index (κ2) is 5.54. The SMILES string of the molecule is COc1ccc(S(=O)(=O)Nc2ccc(C)cc2)c(C)c1. The summed E-state index contributed by atoms with van der Waals surface area (Å²) in [6.45, 7) is 3.69. The van der Waals surface area contributed by atoms with E-state index in [1.54, 1.807) is 44.4 Å². The van der Waals surface area contributed by atoms with Gasteiger partial charge in [-0.1, -0.05) is 17.7 Å². The van der Waals surface area contributed by atoms with Gasteiger partial charge in [0.2, 0.25) is 0 Å². The molecule has 0 aromatic heterocycles. The first-order valence-electron chi connectivity index (χ1n) is 6.16. The maximum atomic E-state index is 12.4. The first-order chi connectivity index (χ1) is 9.42. The molecular formula is C15H17NO3S. The number of rotatable bonds is 4. The lowest BCUT2D eigenvalue weighted by atomic mass is 10.2. The topological polar surface area (TPSA) is 55.4 Å². The Hall–Kier alpha value is -2.01. The fourth-order valence-electron chi connectivity index (χ4n) is 1.88. The van der Waals surface area contributed by atoms with Crippen molar-refractivity contribution in [3.63, 3.8) is 0 Å². The Kier molecular flexibility index (Phi) is 3.99. The van der Waals surface area contributed by atoms with Crippen molar-refractivity contribution >= 4 is 15.7 Å². The molecule has 1 N–H and O–H groups in total. The van der Waals surface area contributed by atoms with Crippen LogP contribution in [0.3, 0.4) is 0 Å². The van der Waals surface area contributed by atoms with E-state index in [9.17, 15) is 8.42 Å². The van der Waals surface area contributed by atoms with Crippen molar-refractivity contribution in [2.24, 2.45) is 0 Å². The largest absolute Gasteiger partial charge is 0.497 e. The molecule has 0 saturated carbocycles. The number of sulfonamides is 1. The van der Waals surface area contributed by atoms with Crippen LogP contribution in [0.15, 0.2) is 47.4 Å². The lowest BCUT2D eigenvalue weighted by Crippen LogP contribution is -2.14. The molecule has 2 aromatic rings. The molecule has 2 rings (SSSR count). The maximum absolute atomic E-state index is 12.4. The van der Waals surface area contributed by atoms with Crippen LogP contribution in [0.1, 0.15) is 11.1 Å². The lowest BCUT2D eigenvalue weighted by Gasteiger charge is -2.11. The van der Waals surface area contributed by atoms with Crippen molar-refractivity contribution in [3.8, 4) is 5.75 Å². The third-order valence-corrected chi connectivity index (χ3v) is 4.52. The van der Waals surface area contributed by atoms with Crippen molar-refractivity contribution in [2.45, 2.75) is 18.7 Å². The predicted molar refractivity (Wildman–Crippen MR) is 79.7 cm³/mol. The molecule has 106 valence electrons. The van der Waals surface area contributed by atoms with Crippen LogP contribution in [-0.2, 0) is 10.0 Å². The summed E-state index contributed by atoms with van der Waals surface area (Å²) in [5.41, 5.74) is 2.27. The zero-order valence-corrected chi connectivity index (χ0v) is 12.5. The van der Waals surface area contributed by atoms with E-state index in [1.807, 2.05) is 19.1 Å². The van der Waals surface area contributed by atoms with Gasteiger partial charge in [-0.15, -0.1) is 0 Å². The van der Waals surface area contributed by atoms with E-state index in [0.29, 0.717) is 17.0 Å². The molecule has 0 spiro atoms. The Labute approximate surface area is 119 Å². The number of benzene rings is 2. The van der Waals surface area contributed by atoms with Crippen molar-refractivity contribution in [2.75, 3.05) is 11.8 Å². The van der Waals surface area contributed by atoms with Gasteiger partial charge in [0.15, 0.2) is 0 Å². The quantitative estimate of drug-likeness (QED) is 0.941. The molecule has 0 radical (unpaired) electrons. The summed E-state index contributed by atoms with van der Waals surface area (Å²) < 4.78 is 32.4. The van der Waals surface area contributed by atoms with Gasteiger partial charge in [0, 0.05) is 5.69 Å². The molecule has 0 aliphatic rings. The van der Waals surface area contributed by atoms with Crippen LogP contribution in [-0.4, -0.2) is 15.5 Å². The van der Waals surface area contributed by atoms with E-state index in [2.05, 4.69) is 4.72 Å². The summed E-state index contributed by atoms with van der Waals surface area (Å²) >= 11 is 0. The molecule has 0 fully saturated rings. The Bertz CT molecular complexity index is 706. The van der Waals surface area contributed by atoms with Gasteiger partial charge in [-0.05, 0) is 49.7 Å². The summed E-state index contributed by atoms with van der Waals surface area (Å²) in [4.78, 5) is 0.249. The summed E-state index contributed by atoms with van der Waals surface area (Å²) in [6.07, 6.45) is 0. The summed E-state index contributed by atoms with van der Waals surface area (Å²) in [5.74, 6) is 0.636. The minimum Gasteiger partial charge on any atom is -0.497 e. The molecule has 2 aromatic carbocycles. The van der Waals surface area contributed by atoms with Crippen molar-refractivity contribution < 1.29 is 13.2 Å². The number of methoxy groups -OCH3 is 1. The van der Waals surface area contributed by atoms with E-state index in [1.165, 1.54) is 0 Å². The summed E-state index contributed by atoms with van der Waals surface area (Å²) in [5, 5.41) is 0. The van der Waals surface area contributed by atoms with Crippen molar-refractivity contribution in [3.05, 3.63) is 53.6 Å². The second-order valence-electron chi connectivity index (χ2n) is 4.60. The van der Waals surface area contributed by atoms with E-state index in [0.717, 1.165) is 5.56 Å². The number of ether oxygens (including phenoxy) is 1. The summed E-state index contributed by atoms with van der Waals surface area (Å²) in [6, 6.07) is 12.1. The predicted octanol–water partition coefficient (Wildman–Crippen LogP) is 3.11. The maximum Gasteiger partial charge on any atom is 0.262 e. The molecule has 0 saturated heterocycles. The third kappa shape index (κ3) is 3.11. The highest BCUT2D eigenvalue weighted by Crippen LogP contribution is 2.23. The highest BCUT2D eigenvalue weighted by atomic mass is 32.2. The van der Waals surface area contributed by atoms with E-state index in [4.69, 9.17) is 4.74 Å². The Morgan fingerprint density at radius 2 is 1.65 bits per heavy atom. The van der Waals surface area contributed by atoms with Crippen LogP contribution in [0.5, 0.6) is 5.75 Å². The number of hydrogen-bond donors (Lipinski definition) is 1. The highest BCUT2D eigenvalue weighted by molar-refractivity contribution is 7.92. The molecule has 5 heteroatoms. The molecule has 0 bridgehead atoms. The highest BCUT2D eigenvalue weighted by Gasteiger charge is 2.17. The van der Waals surface area contributed by atoms with Gasteiger partial charge in [-0.2, -0.15) is 0 Å². The van der Waals surface area contributed by atoms with Crippen LogP contribution in [0.4, 0.5) is 5.69 Å². The van der Waals surface area contributed by atoms with Crippen LogP contribution in [0.25, 0.3) is 0 Å². The molecule has 0 heterocycles. The van der Waals surface area contributed by atoms with Gasteiger partial charge < -0.3 is 4.74 Å². The average Bonchev–Trinajstić information content (AvgIpc) is 2.40. The van der Waals surface area contributed by atoms with Crippen LogP contribution in [0.2, 0.25) is 0 Å². The fraction of sp³-hybridized carbons (Fsp3) is 0.200. The standard InChI is InChI=1S/C15H17NO3S/c1-11-4-6-13(7-5-11)16-20(17,18)15-9-8-14(19-3)10-12(15)2/h4-10,16H,1-3H3. The first kappa shape index (κ1) is 14.4. The van der Waals surface area contributed by atoms with Gasteiger partial charge in [0.05, 0.1) is 12.0 Å². The van der Waals surface area contributed by atoms with Gasteiger partial charge in [-0.25, -0.2) is 8.42 Å². The number of hydrogen-bond acceptors (Lipinski definition) is 3. The molecule has 4 nitrogen and oxygen atoms in total. The molecular weight excluding hydrogens is 274 g/mol. The monoisotopic (exact) mass is 291 g/mol. The normalized spacial score (nSPS) is 11.2. The average molecular weight is 291 g/mol. The van der Waals surface area contributed by atoms with E-state index < -0.39 is 10.0 Å². The molecule has 0 atom stereocenters. The zero-order valence-electron chi connectivity index (χ0n) is 11.7. The van der Waals surface area contributed by atoms with Gasteiger partial charge >= 0.3 is 0 Å². The number of anilines is 1. The smallest absolute Gasteiger partial charge is 0.262 e. The third-order valence-electron chi connectivity index (χ3n) is 2.98. The van der Waals surface area contributed by atoms with Crippen LogP contribution >= 0.6 is 0 Å². The molecule has 0 unspecified atom stereocenters. The lowest BCUT2D eigenvalue weighted by molar-refractivity contribution is 0.414. The fourth-order valence-corrected chi connectivity index (χ4v) is 3.17. The zero-order chi connectivity index (χ0) is 14.8. The van der Waals surface area contributed by atoms with E-state index in [-0.39, 0.29) is 4.90 Å². The van der Waals surface area contributed by atoms with Crippen LogP contribution < -0.4 is 9.46 Å². The summed E-state index contributed by atoms with van der Waals surface area (Å²) in [7, 11) is -2.04. The first-order valence-corrected chi connectivity index (χ1v) is 7.65. The van der Waals surface area contributed by atoms with Gasteiger partial charge in [-0.3, -0.25) is 4.72 Å². The Balaban J connectivity index is 2.33. The minimum atomic E-state index is -3.59. The van der Waals surface area contributed by atoms with Crippen molar-refractivity contribution in [1.82, 2.24) is 0 Å². The van der Waals surface area contributed by atoms with E-state index >= 15 is 0 Å². The molecule has 0 aliphatic heterocycles. The molecule has 20 heavy (non-hydrogen) atoms. The van der Waals surface area contributed by atoms with Crippen molar-refractivity contribution in [1.29, 1.82) is 0 Å². The second-order valence-corrected chi connectivity index (χ2v) is 6.25. The number of aryl methyl sites for hydroxylation is 2. The van der Waals surface area contributed by atoms with Gasteiger partial charge in [0.1, 0.15) is 5.75 Å². The minimum absolute atomic E-state index is 0.249. The molecule has 0 amide bonds. The Morgan fingerprint density at radius 3 is 2.20 bits per heavy atom. The van der Waals surface area contributed by atoms with Crippen LogP contribution in [0, 0.1) is 13.8 Å². The molecule has 0 aliphatic carbocycles. The Morgan fingerprint density at radius 1 is 1.00 bits per heavy atom. The number of nitrogens with one attached hydrogen (secondary N) is 1. The van der Waals surface area contributed by atoms with Gasteiger partial charge in [0.25, 0.3) is 10.0 Å².